The molecule has 1 aliphatic carbocycles. The monoisotopic (exact) mass is 401 g/mol. The van der Waals surface area contributed by atoms with Crippen LogP contribution in [0.4, 0.5) is 5.69 Å². The van der Waals surface area contributed by atoms with E-state index in [0.29, 0.717) is 17.7 Å². The molecule has 0 saturated heterocycles. The van der Waals surface area contributed by atoms with Gasteiger partial charge in [0.25, 0.3) is 0 Å². The smallest absolute Gasteiger partial charge is 0.196 e. The van der Waals surface area contributed by atoms with Crippen molar-refractivity contribution < 1.29 is 4.79 Å². The van der Waals surface area contributed by atoms with E-state index in [4.69, 9.17) is 5.10 Å². The zero-order chi connectivity index (χ0) is 20.7. The summed E-state index contributed by atoms with van der Waals surface area (Å²) in [6.45, 7) is 3.07. The minimum atomic E-state index is 0.0165. The molecule has 0 spiro atoms. The molecule has 0 bridgehead atoms. The minimum absolute atomic E-state index is 0.0165. The van der Waals surface area contributed by atoms with Crippen LogP contribution in [0.15, 0.2) is 49.3 Å². The van der Waals surface area contributed by atoms with Crippen LogP contribution in [0.25, 0.3) is 22.2 Å². The van der Waals surface area contributed by atoms with Gasteiger partial charge in [-0.1, -0.05) is 0 Å². The third-order valence-electron chi connectivity index (χ3n) is 5.47. The van der Waals surface area contributed by atoms with Gasteiger partial charge in [-0.2, -0.15) is 5.10 Å². The number of rotatable bonds is 7. The summed E-state index contributed by atoms with van der Waals surface area (Å²) >= 11 is 0. The molecule has 1 aromatic carbocycles. The molecule has 1 aliphatic rings. The van der Waals surface area contributed by atoms with E-state index in [-0.39, 0.29) is 5.78 Å². The molecule has 3 aromatic heterocycles. The average molecular weight is 401 g/mol. The molecule has 3 heterocycles. The molecule has 0 aliphatic heterocycles. The van der Waals surface area contributed by atoms with Crippen molar-refractivity contribution >= 4 is 22.4 Å². The Kier molecular flexibility index (Phi) is 4.55. The first kappa shape index (κ1) is 18.5. The molecule has 0 atom stereocenters. The van der Waals surface area contributed by atoms with Crippen LogP contribution in [-0.2, 0) is 13.1 Å². The number of aromatic nitrogens is 5. The summed E-state index contributed by atoms with van der Waals surface area (Å²) in [6, 6.07) is 5.83. The normalized spacial score (nSPS) is 12.6. The van der Waals surface area contributed by atoms with Crippen LogP contribution in [-0.4, -0.2) is 62.2 Å². The molecule has 0 amide bonds. The summed E-state index contributed by atoms with van der Waals surface area (Å²) in [5.41, 5.74) is 4.80. The SMILES string of the molecule is CN(C)CCn1nc2c3c(c(NCCn4ccnc4)ccc31)C(=O)c1ccncc1-2. The Morgan fingerprint density at radius 2 is 1.97 bits per heavy atom. The number of hydrogen-bond donors (Lipinski definition) is 1. The predicted octanol–water partition coefficient (Wildman–Crippen LogP) is 2.51. The van der Waals surface area contributed by atoms with E-state index in [1.54, 1.807) is 31.0 Å². The van der Waals surface area contributed by atoms with Crippen LogP contribution in [0.1, 0.15) is 15.9 Å². The van der Waals surface area contributed by atoms with Gasteiger partial charge in [-0.05, 0) is 32.3 Å². The highest BCUT2D eigenvalue weighted by molar-refractivity contribution is 6.27. The van der Waals surface area contributed by atoms with Gasteiger partial charge in [0, 0.05) is 66.6 Å². The summed E-state index contributed by atoms with van der Waals surface area (Å²) in [5.74, 6) is 0.0165. The molecule has 4 aromatic rings. The highest BCUT2D eigenvalue weighted by Crippen LogP contribution is 2.41. The number of anilines is 1. The van der Waals surface area contributed by atoms with Gasteiger partial charge in [0.15, 0.2) is 5.78 Å². The van der Waals surface area contributed by atoms with Crippen LogP contribution < -0.4 is 5.32 Å². The van der Waals surface area contributed by atoms with Crippen molar-refractivity contribution in [1.29, 1.82) is 0 Å². The Hall–Kier alpha value is -3.52. The number of pyridine rings is 1. The van der Waals surface area contributed by atoms with Crippen molar-refractivity contribution in [2.45, 2.75) is 13.1 Å². The van der Waals surface area contributed by atoms with E-state index in [0.717, 1.165) is 47.5 Å². The fourth-order valence-electron chi connectivity index (χ4n) is 3.96. The second kappa shape index (κ2) is 7.38. The van der Waals surface area contributed by atoms with E-state index < -0.39 is 0 Å². The summed E-state index contributed by atoms with van der Waals surface area (Å²) in [6.07, 6.45) is 8.88. The van der Waals surface area contributed by atoms with Crippen LogP contribution in [0.3, 0.4) is 0 Å². The zero-order valence-corrected chi connectivity index (χ0v) is 17.0. The summed E-state index contributed by atoms with van der Waals surface area (Å²) in [4.78, 5) is 23.9. The Bertz CT molecular complexity index is 1220. The number of imidazole rings is 1. The molecule has 0 saturated carbocycles. The van der Waals surface area contributed by atoms with Gasteiger partial charge < -0.3 is 14.8 Å². The highest BCUT2D eigenvalue weighted by atomic mass is 16.1. The van der Waals surface area contributed by atoms with Crippen LogP contribution in [0.2, 0.25) is 0 Å². The summed E-state index contributed by atoms with van der Waals surface area (Å²) in [7, 11) is 4.09. The fraction of sp³-hybridized carbons (Fsp3) is 0.273. The Labute approximate surface area is 174 Å². The van der Waals surface area contributed by atoms with Crippen molar-refractivity contribution in [3.05, 3.63) is 60.4 Å². The number of carbonyl (C=O) groups excluding carboxylic acids is 1. The largest absolute Gasteiger partial charge is 0.383 e. The maximum Gasteiger partial charge on any atom is 0.196 e. The summed E-state index contributed by atoms with van der Waals surface area (Å²) in [5, 5.41) is 9.24. The third kappa shape index (κ3) is 3.05. The molecule has 1 N–H and O–H groups in total. The van der Waals surface area contributed by atoms with Crippen molar-refractivity contribution in [2.75, 3.05) is 32.5 Å². The van der Waals surface area contributed by atoms with Gasteiger partial charge in [0.2, 0.25) is 0 Å². The number of nitrogens with one attached hydrogen (secondary N) is 1. The van der Waals surface area contributed by atoms with Crippen LogP contribution >= 0.6 is 0 Å². The minimum Gasteiger partial charge on any atom is -0.383 e. The molecule has 8 heteroatoms. The van der Waals surface area contributed by atoms with Crippen LogP contribution in [0.5, 0.6) is 0 Å². The summed E-state index contributed by atoms with van der Waals surface area (Å²) < 4.78 is 4.00. The van der Waals surface area contributed by atoms with Crippen molar-refractivity contribution in [1.82, 2.24) is 29.2 Å². The fourth-order valence-corrected chi connectivity index (χ4v) is 3.96. The number of likely N-dealkylation sites (N-methyl/N-ethyl adjacent to an activating group) is 1. The van der Waals surface area contributed by atoms with Crippen molar-refractivity contribution in [2.24, 2.45) is 0 Å². The topological polar surface area (TPSA) is 80.9 Å². The van der Waals surface area contributed by atoms with Crippen molar-refractivity contribution in [3.8, 4) is 11.3 Å². The van der Waals surface area contributed by atoms with Gasteiger partial charge in [-0.3, -0.25) is 14.5 Å². The highest BCUT2D eigenvalue weighted by Gasteiger charge is 2.31. The molecule has 152 valence electrons. The zero-order valence-electron chi connectivity index (χ0n) is 17.0. The number of fused-ring (bicyclic) bond motifs is 2. The molecular weight excluding hydrogens is 378 g/mol. The van der Waals surface area contributed by atoms with E-state index >= 15 is 0 Å². The van der Waals surface area contributed by atoms with E-state index in [1.165, 1.54) is 0 Å². The maximum absolute atomic E-state index is 13.5. The first-order chi connectivity index (χ1) is 14.6. The van der Waals surface area contributed by atoms with Gasteiger partial charge in [0.1, 0.15) is 5.69 Å². The Morgan fingerprint density at radius 3 is 2.77 bits per heavy atom. The van der Waals surface area contributed by atoms with Gasteiger partial charge in [0.05, 0.1) is 24.0 Å². The lowest BCUT2D eigenvalue weighted by Crippen LogP contribution is -2.19. The molecule has 8 nitrogen and oxygen atoms in total. The standard InChI is InChI=1S/C22H23N7O/c1-27(2)11-12-29-18-4-3-17(25-8-10-28-9-7-24-14-28)19-20(18)21(26-29)16-13-23-6-5-15(16)22(19)30/h3-7,9,13-14,25H,8,10-12H2,1-2H3. The van der Waals surface area contributed by atoms with Gasteiger partial charge >= 0.3 is 0 Å². The lowest BCUT2D eigenvalue weighted by Gasteiger charge is -2.18. The molecule has 30 heavy (non-hydrogen) atoms. The molecule has 5 rings (SSSR count). The Balaban J connectivity index is 1.59. The number of nitrogens with zero attached hydrogens (tertiary/aromatic N) is 6. The molecule has 0 fully saturated rings. The lowest BCUT2D eigenvalue weighted by molar-refractivity contribution is 0.104. The molecule has 0 unspecified atom stereocenters. The van der Waals surface area contributed by atoms with Crippen molar-refractivity contribution in [3.63, 3.8) is 0 Å². The number of benzene rings is 1. The Morgan fingerprint density at radius 1 is 1.07 bits per heavy atom. The number of ketones is 1. The average Bonchev–Trinajstić information content (AvgIpc) is 3.39. The molecule has 0 radical (unpaired) electrons. The van der Waals surface area contributed by atoms with Gasteiger partial charge in [-0.25, -0.2) is 4.98 Å². The first-order valence-electron chi connectivity index (χ1n) is 10.0. The molecular formula is C22H23N7O. The quantitative estimate of drug-likeness (QED) is 0.451. The predicted molar refractivity (Wildman–Crippen MR) is 116 cm³/mol. The number of hydrogen-bond acceptors (Lipinski definition) is 6. The van der Waals surface area contributed by atoms with Crippen LogP contribution in [0, 0.1) is 0 Å². The van der Waals surface area contributed by atoms with Gasteiger partial charge in [-0.15, -0.1) is 0 Å². The second-order valence-electron chi connectivity index (χ2n) is 7.73. The lowest BCUT2D eigenvalue weighted by atomic mass is 9.87. The van der Waals surface area contributed by atoms with E-state index in [9.17, 15) is 4.79 Å². The van der Waals surface area contributed by atoms with E-state index in [1.807, 2.05) is 35.6 Å². The number of carbonyl (C=O) groups is 1. The first-order valence-corrected chi connectivity index (χ1v) is 10.0. The maximum atomic E-state index is 13.5. The second-order valence-corrected chi connectivity index (χ2v) is 7.73. The third-order valence-corrected chi connectivity index (χ3v) is 5.47. The van der Waals surface area contributed by atoms with E-state index in [2.05, 4.69) is 26.3 Å².